The van der Waals surface area contributed by atoms with Crippen molar-refractivity contribution in [1.82, 2.24) is 14.8 Å². The molecule has 0 amide bonds. The number of nitrogens with zero attached hydrogens (tertiary/aromatic N) is 3. The Kier molecular flexibility index (Phi) is 6.43. The van der Waals surface area contributed by atoms with Crippen molar-refractivity contribution in [2.45, 2.75) is 32.2 Å². The topological polar surface area (TPSA) is 37.8 Å². The molecule has 1 aromatic heterocycles. The highest BCUT2D eigenvalue weighted by Crippen LogP contribution is 2.45. The number of methoxy groups -OCH3 is 1. The predicted octanol–water partition coefficient (Wildman–Crippen LogP) is 2.67. The zero-order valence-electron chi connectivity index (χ0n) is 16.8. The van der Waals surface area contributed by atoms with Crippen molar-refractivity contribution in [3.63, 3.8) is 0 Å². The molecule has 4 heterocycles. The zero-order chi connectivity index (χ0) is 18.5. The number of pyridine rings is 1. The van der Waals surface area contributed by atoms with Crippen LogP contribution >= 0.6 is 0 Å². The van der Waals surface area contributed by atoms with Crippen LogP contribution in [0, 0.1) is 17.3 Å². The van der Waals surface area contributed by atoms with Crippen molar-refractivity contribution < 1.29 is 9.47 Å². The second kappa shape index (κ2) is 8.99. The normalized spacial score (nSPS) is 27.4. The minimum Gasteiger partial charge on any atom is -0.384 e. The van der Waals surface area contributed by atoms with Crippen molar-refractivity contribution >= 4 is 0 Å². The molecule has 1 atom stereocenters. The number of likely N-dealkylation sites (tertiary alicyclic amines) is 2. The molecule has 3 fully saturated rings. The van der Waals surface area contributed by atoms with Gasteiger partial charge in [0.05, 0.1) is 6.61 Å². The van der Waals surface area contributed by atoms with E-state index in [4.69, 9.17) is 9.47 Å². The number of aromatic nitrogens is 1. The molecule has 1 unspecified atom stereocenters. The lowest BCUT2D eigenvalue weighted by molar-refractivity contribution is 0.0335. The van der Waals surface area contributed by atoms with Gasteiger partial charge in [0.25, 0.3) is 0 Å². The van der Waals surface area contributed by atoms with Gasteiger partial charge in [-0.2, -0.15) is 0 Å². The van der Waals surface area contributed by atoms with E-state index >= 15 is 0 Å². The molecular weight excluding hydrogens is 338 g/mol. The average molecular weight is 374 g/mol. The maximum Gasteiger partial charge on any atom is 0.0508 e. The Hall–Kier alpha value is -1.01. The lowest BCUT2D eigenvalue weighted by Gasteiger charge is -2.42. The second-order valence-electron chi connectivity index (χ2n) is 8.90. The molecule has 0 aliphatic carbocycles. The van der Waals surface area contributed by atoms with Gasteiger partial charge < -0.3 is 14.4 Å². The number of hydrogen-bond acceptors (Lipinski definition) is 5. The molecule has 0 radical (unpaired) electrons. The Balaban J connectivity index is 1.34. The van der Waals surface area contributed by atoms with Crippen molar-refractivity contribution in [2.24, 2.45) is 17.3 Å². The molecule has 3 saturated heterocycles. The molecule has 1 aromatic rings. The summed E-state index contributed by atoms with van der Waals surface area (Å²) in [5.41, 5.74) is 1.78. The van der Waals surface area contributed by atoms with Crippen molar-refractivity contribution in [2.75, 3.05) is 59.7 Å². The fourth-order valence-corrected chi connectivity index (χ4v) is 5.48. The number of hydrogen-bond donors (Lipinski definition) is 0. The molecule has 0 aromatic carbocycles. The van der Waals surface area contributed by atoms with Crippen LogP contribution in [0.25, 0.3) is 0 Å². The van der Waals surface area contributed by atoms with Gasteiger partial charge in [-0.25, -0.2) is 0 Å². The van der Waals surface area contributed by atoms with Gasteiger partial charge in [-0.05, 0) is 61.7 Å². The average Bonchev–Trinajstić information content (AvgIpc) is 3.02. The first-order valence-corrected chi connectivity index (χ1v) is 10.7. The number of ether oxygens (including phenoxy) is 2. The van der Waals surface area contributed by atoms with Crippen molar-refractivity contribution in [3.05, 3.63) is 30.1 Å². The van der Waals surface area contributed by atoms with Crippen LogP contribution in [-0.4, -0.2) is 74.4 Å². The quantitative estimate of drug-likeness (QED) is 0.766. The van der Waals surface area contributed by atoms with Crippen molar-refractivity contribution in [1.29, 1.82) is 0 Å². The van der Waals surface area contributed by atoms with Gasteiger partial charge in [-0.3, -0.25) is 9.88 Å². The molecule has 1 spiro atoms. The van der Waals surface area contributed by atoms with Gasteiger partial charge in [-0.1, -0.05) is 6.07 Å². The highest BCUT2D eigenvalue weighted by atomic mass is 16.5. The first-order valence-electron chi connectivity index (χ1n) is 10.7. The molecule has 4 rings (SSSR count). The summed E-state index contributed by atoms with van der Waals surface area (Å²) in [5, 5.41) is 0. The fraction of sp³-hybridized carbons (Fsp3) is 0.773. The highest BCUT2D eigenvalue weighted by Gasteiger charge is 2.47. The summed E-state index contributed by atoms with van der Waals surface area (Å²) in [6.07, 6.45) is 8.92. The molecule has 0 saturated carbocycles. The van der Waals surface area contributed by atoms with Gasteiger partial charge >= 0.3 is 0 Å². The summed E-state index contributed by atoms with van der Waals surface area (Å²) in [7, 11) is 1.87. The summed E-state index contributed by atoms with van der Waals surface area (Å²) in [6, 6.07) is 4.23. The third-order valence-corrected chi connectivity index (χ3v) is 7.09. The van der Waals surface area contributed by atoms with E-state index in [0.29, 0.717) is 11.3 Å². The number of rotatable bonds is 6. The second-order valence-corrected chi connectivity index (χ2v) is 8.90. The van der Waals surface area contributed by atoms with Crippen molar-refractivity contribution in [3.8, 4) is 0 Å². The van der Waals surface area contributed by atoms with E-state index in [9.17, 15) is 0 Å². The first-order chi connectivity index (χ1) is 13.3. The summed E-state index contributed by atoms with van der Waals surface area (Å²) in [6.45, 7) is 9.97. The van der Waals surface area contributed by atoms with E-state index in [-0.39, 0.29) is 0 Å². The van der Waals surface area contributed by atoms with E-state index in [0.717, 1.165) is 32.3 Å². The Morgan fingerprint density at radius 3 is 2.74 bits per heavy atom. The molecule has 27 heavy (non-hydrogen) atoms. The minimum absolute atomic E-state index is 0.451. The Bertz CT molecular complexity index is 568. The van der Waals surface area contributed by atoms with Crippen LogP contribution in [0.3, 0.4) is 0 Å². The highest BCUT2D eigenvalue weighted by molar-refractivity contribution is 5.09. The Morgan fingerprint density at radius 2 is 2.04 bits per heavy atom. The molecule has 3 aliphatic rings. The predicted molar refractivity (Wildman–Crippen MR) is 107 cm³/mol. The zero-order valence-corrected chi connectivity index (χ0v) is 16.8. The van der Waals surface area contributed by atoms with Crippen LogP contribution in [0.15, 0.2) is 24.5 Å². The van der Waals surface area contributed by atoms with Crippen LogP contribution in [0.4, 0.5) is 0 Å². The van der Waals surface area contributed by atoms with Gasteiger partial charge in [0, 0.05) is 64.8 Å². The van der Waals surface area contributed by atoms with Gasteiger partial charge in [0.2, 0.25) is 0 Å². The molecule has 5 heteroatoms. The third-order valence-electron chi connectivity index (χ3n) is 7.09. The van der Waals surface area contributed by atoms with E-state index in [1.54, 1.807) is 0 Å². The maximum atomic E-state index is 5.65. The van der Waals surface area contributed by atoms with Gasteiger partial charge in [-0.15, -0.1) is 0 Å². The summed E-state index contributed by atoms with van der Waals surface area (Å²) in [5.74, 6) is 1.51. The lowest BCUT2D eigenvalue weighted by atomic mass is 9.71. The summed E-state index contributed by atoms with van der Waals surface area (Å²) >= 11 is 0. The van der Waals surface area contributed by atoms with Gasteiger partial charge in [0.1, 0.15) is 0 Å². The van der Waals surface area contributed by atoms with Crippen LogP contribution in [0.1, 0.15) is 31.2 Å². The van der Waals surface area contributed by atoms with Crippen LogP contribution < -0.4 is 0 Å². The van der Waals surface area contributed by atoms with E-state index in [2.05, 4.69) is 20.9 Å². The SMILES string of the molecule is COCC1CN(CC2CCOCC2)CC12CCN(Cc1cccnc1)CC2. The molecule has 5 nitrogen and oxygen atoms in total. The minimum atomic E-state index is 0.451. The van der Waals surface area contributed by atoms with E-state index in [1.807, 2.05) is 25.6 Å². The molecule has 0 N–H and O–H groups in total. The van der Waals surface area contributed by atoms with Gasteiger partial charge in [0.15, 0.2) is 0 Å². The van der Waals surface area contributed by atoms with Crippen LogP contribution in [-0.2, 0) is 16.0 Å². The molecule has 3 aliphatic heterocycles. The maximum absolute atomic E-state index is 5.65. The van der Waals surface area contributed by atoms with E-state index in [1.165, 1.54) is 64.0 Å². The smallest absolute Gasteiger partial charge is 0.0508 e. The summed E-state index contributed by atoms with van der Waals surface area (Å²) in [4.78, 5) is 9.62. The fourth-order valence-electron chi connectivity index (χ4n) is 5.48. The van der Waals surface area contributed by atoms with E-state index < -0.39 is 0 Å². The summed E-state index contributed by atoms with van der Waals surface area (Å²) < 4.78 is 11.2. The Morgan fingerprint density at radius 1 is 1.22 bits per heavy atom. The standard InChI is InChI=1S/C22H35N3O2/c1-26-17-21-16-25(14-19-4-11-27-12-5-19)18-22(21)6-9-24(10-7-22)15-20-3-2-8-23-13-20/h2-3,8,13,19,21H,4-7,9-12,14-18H2,1H3. The monoisotopic (exact) mass is 373 g/mol. The Labute approximate surface area is 164 Å². The van der Waals surface area contributed by atoms with Crippen LogP contribution in [0.5, 0.6) is 0 Å². The largest absolute Gasteiger partial charge is 0.384 e. The lowest BCUT2D eigenvalue weighted by Crippen LogP contribution is -2.45. The number of piperidine rings is 1. The third kappa shape index (κ3) is 4.70. The molecular formula is C22H35N3O2. The first kappa shape index (κ1) is 19.3. The molecule has 0 bridgehead atoms. The van der Waals surface area contributed by atoms with Crippen LogP contribution in [0.2, 0.25) is 0 Å². The molecule has 150 valence electrons.